The molecule has 0 saturated heterocycles. The van der Waals surface area contributed by atoms with E-state index in [-0.39, 0.29) is 22.6 Å². The largest absolute Gasteiger partial charge is 0.478 e. The van der Waals surface area contributed by atoms with E-state index in [0.717, 1.165) is 17.0 Å². The second-order valence-corrected chi connectivity index (χ2v) is 6.47. The highest BCUT2D eigenvalue weighted by molar-refractivity contribution is 6.02. The molecule has 29 heavy (non-hydrogen) atoms. The number of rotatable bonds is 3. The summed E-state index contributed by atoms with van der Waals surface area (Å²) < 4.78 is 15.9. The van der Waals surface area contributed by atoms with E-state index in [4.69, 9.17) is 11.0 Å². The number of nitriles is 1. The van der Waals surface area contributed by atoms with Gasteiger partial charge in [-0.1, -0.05) is 12.1 Å². The molecule has 0 amide bonds. The summed E-state index contributed by atoms with van der Waals surface area (Å²) in [5.41, 5.74) is 7.96. The SMILES string of the molecule is Cn1ncc2cc(-c3c(C(=O)O)cc(N)nc3-c3ccc(C#N)c(F)c3)ccc21. The number of carbonyl (C=O) groups is 1. The number of nitrogens with two attached hydrogens (primary N) is 1. The second kappa shape index (κ2) is 6.73. The van der Waals surface area contributed by atoms with Crippen LogP contribution in [0.15, 0.2) is 48.7 Å². The van der Waals surface area contributed by atoms with E-state index in [1.54, 1.807) is 36.1 Å². The summed E-state index contributed by atoms with van der Waals surface area (Å²) in [5, 5.41) is 23.7. The molecular formula is C21H14FN5O2. The highest BCUT2D eigenvalue weighted by Gasteiger charge is 2.21. The molecule has 0 saturated carbocycles. The van der Waals surface area contributed by atoms with E-state index < -0.39 is 11.8 Å². The Morgan fingerprint density at radius 1 is 1.21 bits per heavy atom. The molecule has 142 valence electrons. The van der Waals surface area contributed by atoms with Crippen molar-refractivity contribution in [3.8, 4) is 28.5 Å². The van der Waals surface area contributed by atoms with Crippen molar-refractivity contribution in [1.82, 2.24) is 14.8 Å². The van der Waals surface area contributed by atoms with Crippen molar-refractivity contribution in [2.24, 2.45) is 7.05 Å². The van der Waals surface area contributed by atoms with Crippen LogP contribution in [0.5, 0.6) is 0 Å². The van der Waals surface area contributed by atoms with Gasteiger partial charge in [-0.15, -0.1) is 0 Å². The van der Waals surface area contributed by atoms with Gasteiger partial charge in [0.25, 0.3) is 0 Å². The Morgan fingerprint density at radius 3 is 2.66 bits per heavy atom. The maximum atomic E-state index is 14.2. The molecular weight excluding hydrogens is 373 g/mol. The highest BCUT2D eigenvalue weighted by atomic mass is 19.1. The second-order valence-electron chi connectivity index (χ2n) is 6.47. The van der Waals surface area contributed by atoms with E-state index in [1.165, 1.54) is 18.2 Å². The molecule has 0 fully saturated rings. The first-order valence-electron chi connectivity index (χ1n) is 8.55. The maximum absolute atomic E-state index is 14.2. The Hall–Kier alpha value is -4.25. The van der Waals surface area contributed by atoms with Crippen molar-refractivity contribution in [2.75, 3.05) is 5.73 Å². The molecule has 0 bridgehead atoms. The van der Waals surface area contributed by atoms with Gasteiger partial charge in [0.2, 0.25) is 0 Å². The van der Waals surface area contributed by atoms with Crippen LogP contribution in [0.1, 0.15) is 15.9 Å². The molecule has 0 unspecified atom stereocenters. The Kier molecular flexibility index (Phi) is 4.20. The van der Waals surface area contributed by atoms with Gasteiger partial charge >= 0.3 is 5.97 Å². The minimum absolute atomic E-state index is 0.00614. The Bertz CT molecular complexity index is 1340. The van der Waals surface area contributed by atoms with Crippen LogP contribution < -0.4 is 5.73 Å². The van der Waals surface area contributed by atoms with E-state index >= 15 is 0 Å². The molecule has 2 heterocycles. The third-order valence-electron chi connectivity index (χ3n) is 4.67. The van der Waals surface area contributed by atoms with Crippen LogP contribution in [0.3, 0.4) is 0 Å². The van der Waals surface area contributed by atoms with Crippen LogP contribution in [0, 0.1) is 17.1 Å². The summed E-state index contributed by atoms with van der Waals surface area (Å²) in [6, 6.07) is 12.4. The number of fused-ring (bicyclic) bond motifs is 1. The van der Waals surface area contributed by atoms with Crippen molar-refractivity contribution >= 4 is 22.7 Å². The number of aromatic nitrogens is 3. The summed E-state index contributed by atoms with van der Waals surface area (Å²) >= 11 is 0. The minimum Gasteiger partial charge on any atom is -0.478 e. The summed E-state index contributed by atoms with van der Waals surface area (Å²) in [6.07, 6.45) is 1.67. The molecule has 0 aliphatic carbocycles. The number of nitrogen functional groups attached to an aromatic ring is 1. The number of aromatic carboxylic acids is 1. The fraction of sp³-hybridized carbons (Fsp3) is 0.0476. The van der Waals surface area contributed by atoms with Crippen LogP contribution in [0.2, 0.25) is 0 Å². The van der Waals surface area contributed by atoms with Crippen molar-refractivity contribution < 1.29 is 14.3 Å². The van der Waals surface area contributed by atoms with Crippen molar-refractivity contribution in [3.63, 3.8) is 0 Å². The molecule has 4 rings (SSSR count). The Balaban J connectivity index is 2.04. The van der Waals surface area contributed by atoms with Gasteiger partial charge in [0.05, 0.1) is 28.5 Å². The van der Waals surface area contributed by atoms with Crippen LogP contribution >= 0.6 is 0 Å². The van der Waals surface area contributed by atoms with Gasteiger partial charge in [-0.25, -0.2) is 14.2 Å². The highest BCUT2D eigenvalue weighted by Crippen LogP contribution is 2.36. The lowest BCUT2D eigenvalue weighted by atomic mass is 9.93. The summed E-state index contributed by atoms with van der Waals surface area (Å²) in [4.78, 5) is 16.2. The molecule has 0 aliphatic heterocycles. The number of carboxylic acids is 1. The zero-order valence-corrected chi connectivity index (χ0v) is 15.2. The van der Waals surface area contributed by atoms with Gasteiger partial charge in [-0.3, -0.25) is 4.68 Å². The van der Waals surface area contributed by atoms with E-state index in [0.29, 0.717) is 16.7 Å². The van der Waals surface area contributed by atoms with Gasteiger partial charge in [-0.05, 0) is 35.9 Å². The van der Waals surface area contributed by atoms with Gasteiger partial charge in [0.15, 0.2) is 0 Å². The summed E-state index contributed by atoms with van der Waals surface area (Å²) in [5.74, 6) is -1.91. The number of hydrogen-bond donors (Lipinski definition) is 2. The lowest BCUT2D eigenvalue weighted by Crippen LogP contribution is -2.06. The third kappa shape index (κ3) is 3.04. The van der Waals surface area contributed by atoms with Gasteiger partial charge in [0.1, 0.15) is 17.7 Å². The first kappa shape index (κ1) is 18.1. The normalized spacial score (nSPS) is 10.8. The van der Waals surface area contributed by atoms with Crippen LogP contribution in [0.25, 0.3) is 33.3 Å². The van der Waals surface area contributed by atoms with Gasteiger partial charge in [0, 0.05) is 23.6 Å². The van der Waals surface area contributed by atoms with E-state index in [1.807, 2.05) is 6.07 Å². The maximum Gasteiger partial charge on any atom is 0.336 e. The first-order chi connectivity index (χ1) is 13.9. The fourth-order valence-electron chi connectivity index (χ4n) is 3.31. The number of anilines is 1. The zero-order chi connectivity index (χ0) is 20.7. The minimum atomic E-state index is -1.18. The number of aryl methyl sites for hydroxylation is 1. The van der Waals surface area contributed by atoms with Gasteiger partial charge in [-0.2, -0.15) is 10.4 Å². The molecule has 0 atom stereocenters. The van der Waals surface area contributed by atoms with Crippen molar-refractivity contribution in [2.45, 2.75) is 0 Å². The number of hydrogen-bond acceptors (Lipinski definition) is 5. The Morgan fingerprint density at radius 2 is 1.97 bits per heavy atom. The fourth-order valence-corrected chi connectivity index (χ4v) is 3.31. The lowest BCUT2D eigenvalue weighted by Gasteiger charge is -2.14. The molecule has 2 aromatic carbocycles. The number of benzene rings is 2. The van der Waals surface area contributed by atoms with Gasteiger partial charge < -0.3 is 10.8 Å². The number of pyridine rings is 1. The van der Waals surface area contributed by atoms with Crippen LogP contribution in [0.4, 0.5) is 10.2 Å². The average Bonchev–Trinajstić information content (AvgIpc) is 3.07. The smallest absolute Gasteiger partial charge is 0.336 e. The predicted molar refractivity (Wildman–Crippen MR) is 105 cm³/mol. The molecule has 7 nitrogen and oxygen atoms in total. The zero-order valence-electron chi connectivity index (χ0n) is 15.2. The topological polar surface area (TPSA) is 118 Å². The molecule has 2 aromatic heterocycles. The first-order valence-corrected chi connectivity index (χ1v) is 8.55. The third-order valence-corrected chi connectivity index (χ3v) is 4.67. The quantitative estimate of drug-likeness (QED) is 0.555. The molecule has 8 heteroatoms. The van der Waals surface area contributed by atoms with Crippen molar-refractivity contribution in [3.05, 3.63) is 65.6 Å². The Labute approximate surface area is 164 Å². The monoisotopic (exact) mass is 387 g/mol. The van der Waals surface area contributed by atoms with E-state index in [2.05, 4.69) is 10.1 Å². The summed E-state index contributed by atoms with van der Waals surface area (Å²) in [7, 11) is 1.81. The van der Waals surface area contributed by atoms with Crippen LogP contribution in [-0.2, 0) is 7.05 Å². The number of carboxylic acid groups (broad SMARTS) is 1. The van der Waals surface area contributed by atoms with Crippen LogP contribution in [-0.4, -0.2) is 25.8 Å². The van der Waals surface area contributed by atoms with Crippen molar-refractivity contribution in [1.29, 1.82) is 5.26 Å². The number of halogens is 1. The predicted octanol–water partition coefficient (Wildman–Crippen LogP) is 3.59. The molecule has 0 spiro atoms. The average molecular weight is 387 g/mol. The molecule has 0 radical (unpaired) electrons. The molecule has 0 aliphatic rings. The molecule has 3 N–H and O–H groups in total. The molecule has 4 aromatic rings. The summed E-state index contributed by atoms with van der Waals surface area (Å²) in [6.45, 7) is 0. The lowest BCUT2D eigenvalue weighted by molar-refractivity contribution is 0.0697. The standard InChI is InChI=1S/C21H14FN5O2/c1-27-17-5-4-11(6-14(17)10-25-27)19-15(21(28)29)8-18(24)26-20(19)12-2-3-13(9-23)16(22)7-12/h2-8,10H,1H3,(H2,24,26)(H,28,29). The number of nitrogens with zero attached hydrogens (tertiary/aromatic N) is 4. The van der Waals surface area contributed by atoms with E-state index in [9.17, 15) is 14.3 Å².